The fourth-order valence-electron chi connectivity index (χ4n) is 2.64. The number of methoxy groups -OCH3 is 1. The molecule has 0 bridgehead atoms. The first-order valence-corrected chi connectivity index (χ1v) is 10.5. The van der Waals surface area contributed by atoms with Crippen molar-refractivity contribution in [3.05, 3.63) is 23.9 Å². The Labute approximate surface area is 169 Å². The molecule has 27 heavy (non-hydrogen) atoms. The Morgan fingerprint density at radius 2 is 1.89 bits per heavy atom. The van der Waals surface area contributed by atoms with E-state index in [1.54, 1.807) is 18.9 Å². The number of hydrogen-bond donors (Lipinski definition) is 1. The van der Waals surface area contributed by atoms with Crippen molar-refractivity contribution in [1.82, 2.24) is 5.32 Å². The summed E-state index contributed by atoms with van der Waals surface area (Å²) in [5.74, 6) is -0.0119. The molecule has 0 unspecified atom stereocenters. The molecular weight excluding hydrogens is 362 g/mol. The molecule has 0 saturated carbocycles. The van der Waals surface area contributed by atoms with Gasteiger partial charge < -0.3 is 19.5 Å². The standard InChI is InChI=1S/C21H37NO4S/c1-16(20(3,4)15-26-13-12-24-7)14-17(2)22-19(23)21(5,6)27-18-8-10-25-11-9-18/h14,18H,2,8-13,15H2,1,3-7H3,(H,22,23)/b16-14+. The third-order valence-corrected chi connectivity index (χ3v) is 6.38. The zero-order chi connectivity index (χ0) is 20.5. The van der Waals surface area contributed by atoms with Crippen molar-refractivity contribution >= 4 is 17.7 Å². The van der Waals surface area contributed by atoms with E-state index in [-0.39, 0.29) is 11.3 Å². The lowest BCUT2D eigenvalue weighted by Crippen LogP contribution is -2.41. The Hall–Kier alpha value is -0.820. The van der Waals surface area contributed by atoms with Crippen LogP contribution in [0.25, 0.3) is 0 Å². The second-order valence-corrected chi connectivity index (χ2v) is 10.1. The Morgan fingerprint density at radius 1 is 1.26 bits per heavy atom. The number of amides is 1. The summed E-state index contributed by atoms with van der Waals surface area (Å²) in [6, 6.07) is 0. The number of hydrogen-bond acceptors (Lipinski definition) is 5. The second-order valence-electron chi connectivity index (χ2n) is 8.18. The quantitative estimate of drug-likeness (QED) is 0.421. The summed E-state index contributed by atoms with van der Waals surface area (Å²) in [5.41, 5.74) is 1.58. The summed E-state index contributed by atoms with van der Waals surface area (Å²) in [4.78, 5) is 12.7. The van der Waals surface area contributed by atoms with Gasteiger partial charge in [-0.1, -0.05) is 26.0 Å². The van der Waals surface area contributed by atoms with Gasteiger partial charge in [-0.05, 0) is 39.7 Å². The third-order valence-electron chi connectivity index (χ3n) is 4.80. The topological polar surface area (TPSA) is 56.8 Å². The molecular formula is C21H37NO4S. The predicted octanol–water partition coefficient (Wildman–Crippen LogP) is 3.94. The Balaban J connectivity index is 2.56. The first-order chi connectivity index (χ1) is 12.6. The van der Waals surface area contributed by atoms with Crippen molar-refractivity contribution < 1.29 is 19.0 Å². The lowest BCUT2D eigenvalue weighted by Gasteiger charge is -2.31. The van der Waals surface area contributed by atoms with Crippen molar-refractivity contribution in [3.8, 4) is 0 Å². The first kappa shape index (κ1) is 24.2. The van der Waals surface area contributed by atoms with Gasteiger partial charge in [0.25, 0.3) is 0 Å². The van der Waals surface area contributed by atoms with E-state index in [0.29, 0.717) is 30.8 Å². The number of carbonyl (C=O) groups excluding carboxylic acids is 1. The SMILES string of the molecule is C=C(/C=C(\C)C(C)(C)COCCOC)NC(=O)C(C)(C)SC1CCOCC1. The van der Waals surface area contributed by atoms with Crippen molar-refractivity contribution in [2.24, 2.45) is 5.41 Å². The monoisotopic (exact) mass is 399 g/mol. The molecule has 156 valence electrons. The maximum absolute atomic E-state index is 12.7. The van der Waals surface area contributed by atoms with Crippen LogP contribution in [0.3, 0.4) is 0 Å². The fourth-order valence-corrected chi connectivity index (χ4v) is 4.06. The van der Waals surface area contributed by atoms with Crippen LogP contribution in [0.2, 0.25) is 0 Å². The summed E-state index contributed by atoms with van der Waals surface area (Å²) < 4.78 is 15.6. The molecule has 0 spiro atoms. The zero-order valence-corrected chi connectivity index (χ0v) is 18.7. The molecule has 1 rings (SSSR count). The van der Waals surface area contributed by atoms with Gasteiger partial charge in [-0.2, -0.15) is 0 Å². The molecule has 0 aromatic rings. The minimum atomic E-state index is -0.508. The lowest BCUT2D eigenvalue weighted by atomic mass is 9.85. The highest BCUT2D eigenvalue weighted by Crippen LogP contribution is 2.34. The van der Waals surface area contributed by atoms with Crippen LogP contribution in [-0.2, 0) is 19.0 Å². The van der Waals surface area contributed by atoms with E-state index in [0.717, 1.165) is 31.6 Å². The minimum Gasteiger partial charge on any atom is -0.382 e. The van der Waals surface area contributed by atoms with Gasteiger partial charge in [0.2, 0.25) is 5.91 Å². The maximum atomic E-state index is 12.7. The largest absolute Gasteiger partial charge is 0.382 e. The van der Waals surface area contributed by atoms with Gasteiger partial charge in [0.15, 0.2) is 0 Å². The second kappa shape index (κ2) is 11.2. The maximum Gasteiger partial charge on any atom is 0.240 e. The van der Waals surface area contributed by atoms with E-state index in [1.165, 1.54) is 0 Å². The van der Waals surface area contributed by atoms with Gasteiger partial charge in [0, 0.05) is 36.7 Å². The van der Waals surface area contributed by atoms with Crippen LogP contribution < -0.4 is 5.32 Å². The van der Waals surface area contributed by atoms with E-state index in [4.69, 9.17) is 14.2 Å². The molecule has 0 radical (unpaired) electrons. The van der Waals surface area contributed by atoms with Crippen LogP contribution in [0, 0.1) is 5.41 Å². The number of thioether (sulfide) groups is 1. The van der Waals surface area contributed by atoms with Crippen molar-refractivity contribution in [1.29, 1.82) is 0 Å². The molecule has 1 aliphatic rings. The normalized spacial score (nSPS) is 17.0. The van der Waals surface area contributed by atoms with Crippen molar-refractivity contribution in [2.45, 2.75) is 57.5 Å². The Kier molecular flexibility index (Phi) is 10.1. The molecule has 6 heteroatoms. The van der Waals surface area contributed by atoms with E-state index in [1.807, 2.05) is 26.8 Å². The highest BCUT2D eigenvalue weighted by molar-refractivity contribution is 8.01. The predicted molar refractivity (Wildman–Crippen MR) is 113 cm³/mol. The van der Waals surface area contributed by atoms with E-state index in [2.05, 4.69) is 25.7 Å². The average molecular weight is 400 g/mol. The van der Waals surface area contributed by atoms with Crippen LogP contribution >= 0.6 is 11.8 Å². The molecule has 1 N–H and O–H groups in total. The number of allylic oxidation sites excluding steroid dienone is 1. The molecule has 5 nitrogen and oxygen atoms in total. The van der Waals surface area contributed by atoms with Gasteiger partial charge >= 0.3 is 0 Å². The van der Waals surface area contributed by atoms with Crippen LogP contribution in [-0.4, -0.2) is 56.0 Å². The molecule has 1 fully saturated rings. The molecule has 0 aromatic heterocycles. The Bertz CT molecular complexity index is 522. The highest BCUT2D eigenvalue weighted by Gasteiger charge is 2.32. The minimum absolute atomic E-state index is 0.0119. The van der Waals surface area contributed by atoms with Crippen LogP contribution in [0.15, 0.2) is 23.9 Å². The first-order valence-electron chi connectivity index (χ1n) is 9.60. The van der Waals surface area contributed by atoms with Crippen LogP contribution in [0.4, 0.5) is 0 Å². The van der Waals surface area contributed by atoms with E-state index < -0.39 is 4.75 Å². The highest BCUT2D eigenvalue weighted by atomic mass is 32.2. The Morgan fingerprint density at radius 3 is 2.48 bits per heavy atom. The molecule has 0 aliphatic carbocycles. The lowest BCUT2D eigenvalue weighted by molar-refractivity contribution is -0.121. The summed E-state index contributed by atoms with van der Waals surface area (Å²) in [5, 5.41) is 3.43. The number of rotatable bonds is 11. The van der Waals surface area contributed by atoms with Gasteiger partial charge in [0.1, 0.15) is 0 Å². The number of nitrogens with one attached hydrogen (secondary N) is 1. The molecule has 0 aromatic carbocycles. The fraction of sp³-hybridized carbons (Fsp3) is 0.762. The molecule has 1 amide bonds. The smallest absolute Gasteiger partial charge is 0.240 e. The van der Waals surface area contributed by atoms with Crippen LogP contribution in [0.5, 0.6) is 0 Å². The van der Waals surface area contributed by atoms with E-state index in [9.17, 15) is 4.79 Å². The van der Waals surface area contributed by atoms with Crippen LogP contribution in [0.1, 0.15) is 47.5 Å². The molecule has 1 heterocycles. The summed E-state index contributed by atoms with van der Waals surface area (Å²) in [7, 11) is 1.66. The van der Waals surface area contributed by atoms with Gasteiger partial charge in [-0.25, -0.2) is 0 Å². The van der Waals surface area contributed by atoms with E-state index >= 15 is 0 Å². The van der Waals surface area contributed by atoms with Crippen molar-refractivity contribution in [3.63, 3.8) is 0 Å². The van der Waals surface area contributed by atoms with Crippen molar-refractivity contribution in [2.75, 3.05) is 40.1 Å². The number of ether oxygens (including phenoxy) is 3. The third kappa shape index (κ3) is 8.81. The van der Waals surface area contributed by atoms with Gasteiger partial charge in [-0.15, -0.1) is 11.8 Å². The zero-order valence-electron chi connectivity index (χ0n) is 17.9. The average Bonchev–Trinajstić information content (AvgIpc) is 2.59. The number of carbonyl (C=O) groups is 1. The summed E-state index contributed by atoms with van der Waals surface area (Å²) in [6.07, 6.45) is 3.93. The summed E-state index contributed by atoms with van der Waals surface area (Å²) in [6.45, 7) is 17.5. The molecule has 1 saturated heterocycles. The summed E-state index contributed by atoms with van der Waals surface area (Å²) >= 11 is 1.73. The van der Waals surface area contributed by atoms with Gasteiger partial charge in [-0.3, -0.25) is 4.79 Å². The molecule has 0 atom stereocenters. The van der Waals surface area contributed by atoms with Gasteiger partial charge in [0.05, 0.1) is 24.6 Å². The molecule has 1 aliphatic heterocycles.